The minimum absolute atomic E-state index is 0.0303. The van der Waals surface area contributed by atoms with Crippen LogP contribution in [0, 0.1) is 0 Å². The highest BCUT2D eigenvalue weighted by Gasteiger charge is 2.31. The zero-order valence-electron chi connectivity index (χ0n) is 17.5. The van der Waals surface area contributed by atoms with Gasteiger partial charge in [-0.3, -0.25) is 9.69 Å². The third-order valence-electron chi connectivity index (χ3n) is 5.00. The van der Waals surface area contributed by atoms with Gasteiger partial charge in [0, 0.05) is 0 Å². The molecule has 0 saturated carbocycles. The lowest BCUT2D eigenvalue weighted by Crippen LogP contribution is -2.27. The molecule has 0 bridgehead atoms. The van der Waals surface area contributed by atoms with Crippen LogP contribution in [0.5, 0.6) is 5.75 Å². The van der Waals surface area contributed by atoms with Crippen molar-refractivity contribution in [3.05, 3.63) is 70.6 Å². The van der Waals surface area contributed by atoms with Crippen LogP contribution in [0.4, 0.5) is 0 Å². The summed E-state index contributed by atoms with van der Waals surface area (Å²) in [6, 6.07) is 17.8. The molecule has 158 valence electrons. The Bertz CT molecular complexity index is 862. The summed E-state index contributed by atoms with van der Waals surface area (Å²) in [7, 11) is 0. The minimum atomic E-state index is -0.0303. The van der Waals surface area contributed by atoms with Gasteiger partial charge in [-0.15, -0.1) is 0 Å². The second kappa shape index (κ2) is 11.9. The molecule has 0 aromatic heterocycles. The van der Waals surface area contributed by atoms with Crippen molar-refractivity contribution in [3.63, 3.8) is 0 Å². The van der Waals surface area contributed by atoms with Crippen LogP contribution < -0.4 is 4.74 Å². The first-order valence-electron chi connectivity index (χ1n) is 10.7. The van der Waals surface area contributed by atoms with Crippen molar-refractivity contribution >= 4 is 40.3 Å². The van der Waals surface area contributed by atoms with E-state index in [2.05, 4.69) is 6.92 Å². The van der Waals surface area contributed by atoms with Gasteiger partial charge in [0.05, 0.1) is 18.1 Å². The van der Waals surface area contributed by atoms with Gasteiger partial charge in [0.2, 0.25) is 0 Å². The van der Waals surface area contributed by atoms with E-state index in [9.17, 15) is 4.79 Å². The fourth-order valence-corrected chi connectivity index (χ4v) is 4.54. The number of hydrogen-bond donors (Lipinski definition) is 0. The Morgan fingerprint density at radius 2 is 1.67 bits per heavy atom. The first-order chi connectivity index (χ1) is 14.7. The Morgan fingerprint density at radius 1 is 0.967 bits per heavy atom. The van der Waals surface area contributed by atoms with E-state index in [1.54, 1.807) is 4.90 Å². The highest BCUT2D eigenvalue weighted by molar-refractivity contribution is 8.26. The van der Waals surface area contributed by atoms with E-state index in [0.29, 0.717) is 15.8 Å². The summed E-state index contributed by atoms with van der Waals surface area (Å²) in [5, 5.41) is 0. The van der Waals surface area contributed by atoms with E-state index in [1.807, 2.05) is 60.7 Å². The summed E-state index contributed by atoms with van der Waals surface area (Å²) in [6.45, 7) is 3.50. The zero-order chi connectivity index (χ0) is 21.2. The third-order valence-corrected chi connectivity index (χ3v) is 6.38. The number of unbranched alkanes of at least 4 members (excludes halogenated alkanes) is 5. The number of benzene rings is 2. The fraction of sp³-hybridized carbons (Fsp3) is 0.360. The van der Waals surface area contributed by atoms with Crippen molar-refractivity contribution in [2.24, 2.45) is 0 Å². The molecule has 3 rings (SSSR count). The highest BCUT2D eigenvalue weighted by atomic mass is 32.2. The van der Waals surface area contributed by atoms with Gasteiger partial charge < -0.3 is 4.74 Å². The van der Waals surface area contributed by atoms with Crippen LogP contribution in [0.2, 0.25) is 0 Å². The number of carbonyl (C=O) groups is 1. The van der Waals surface area contributed by atoms with Gasteiger partial charge in [-0.25, -0.2) is 0 Å². The van der Waals surface area contributed by atoms with Gasteiger partial charge in [-0.2, -0.15) is 0 Å². The lowest BCUT2D eigenvalue weighted by Gasteiger charge is -2.14. The molecule has 30 heavy (non-hydrogen) atoms. The summed E-state index contributed by atoms with van der Waals surface area (Å²) in [5.41, 5.74) is 2.05. The van der Waals surface area contributed by atoms with Crippen LogP contribution in [0.3, 0.4) is 0 Å². The molecule has 0 radical (unpaired) electrons. The van der Waals surface area contributed by atoms with Gasteiger partial charge in [0.25, 0.3) is 5.91 Å². The standard InChI is InChI=1S/C25H29NO2S2/c1-2-3-4-5-6-10-17-28-22-15-13-20(14-16-22)18-23-24(27)26(25(29)30-23)19-21-11-8-7-9-12-21/h7-9,11-16,18H,2-6,10,17,19H2,1H3. The number of thiocarbonyl (C=S) groups is 1. The van der Waals surface area contributed by atoms with Crippen molar-refractivity contribution < 1.29 is 9.53 Å². The molecular weight excluding hydrogens is 410 g/mol. The average Bonchev–Trinajstić information content (AvgIpc) is 3.02. The van der Waals surface area contributed by atoms with Crippen molar-refractivity contribution in [2.75, 3.05) is 6.61 Å². The summed E-state index contributed by atoms with van der Waals surface area (Å²) in [4.78, 5) is 15.1. The van der Waals surface area contributed by atoms with Crippen LogP contribution in [0.15, 0.2) is 59.5 Å². The molecule has 1 saturated heterocycles. The number of nitrogens with zero attached hydrogens (tertiary/aromatic N) is 1. The molecule has 0 N–H and O–H groups in total. The molecule has 5 heteroatoms. The summed E-state index contributed by atoms with van der Waals surface area (Å²) in [5.74, 6) is 0.842. The molecule has 1 aliphatic rings. The van der Waals surface area contributed by atoms with E-state index in [1.165, 1.54) is 43.9 Å². The highest BCUT2D eigenvalue weighted by Crippen LogP contribution is 2.33. The number of amides is 1. The largest absolute Gasteiger partial charge is 0.494 e. The number of ether oxygens (including phenoxy) is 1. The molecule has 1 fully saturated rings. The Morgan fingerprint density at radius 3 is 2.40 bits per heavy atom. The first kappa shape index (κ1) is 22.6. The molecule has 2 aromatic carbocycles. The monoisotopic (exact) mass is 439 g/mol. The number of hydrogen-bond acceptors (Lipinski definition) is 4. The van der Waals surface area contributed by atoms with Crippen LogP contribution in [0.25, 0.3) is 6.08 Å². The maximum Gasteiger partial charge on any atom is 0.266 e. The normalized spacial score (nSPS) is 15.2. The smallest absolute Gasteiger partial charge is 0.266 e. The molecule has 1 aliphatic heterocycles. The molecule has 0 atom stereocenters. The van der Waals surface area contributed by atoms with Crippen molar-refractivity contribution in [3.8, 4) is 5.75 Å². The molecule has 1 amide bonds. The second-order valence-electron chi connectivity index (χ2n) is 7.44. The molecular formula is C25H29NO2S2. The van der Waals surface area contributed by atoms with E-state index in [-0.39, 0.29) is 5.91 Å². The molecule has 1 heterocycles. The molecule has 0 aliphatic carbocycles. The van der Waals surface area contributed by atoms with E-state index < -0.39 is 0 Å². The fourth-order valence-electron chi connectivity index (χ4n) is 3.29. The van der Waals surface area contributed by atoms with E-state index in [0.717, 1.165) is 29.9 Å². The summed E-state index contributed by atoms with van der Waals surface area (Å²) in [6.07, 6.45) is 9.44. The Hall–Kier alpha value is -2.11. The van der Waals surface area contributed by atoms with Gasteiger partial charge in [0.1, 0.15) is 10.1 Å². The number of thioether (sulfide) groups is 1. The number of rotatable bonds is 11. The van der Waals surface area contributed by atoms with Gasteiger partial charge in [0.15, 0.2) is 0 Å². The van der Waals surface area contributed by atoms with Crippen LogP contribution in [0.1, 0.15) is 56.6 Å². The maximum atomic E-state index is 12.8. The van der Waals surface area contributed by atoms with E-state index >= 15 is 0 Å². The number of carbonyl (C=O) groups excluding carboxylic acids is 1. The quantitative estimate of drug-likeness (QED) is 0.218. The zero-order valence-corrected chi connectivity index (χ0v) is 19.1. The topological polar surface area (TPSA) is 29.5 Å². The van der Waals surface area contributed by atoms with Crippen LogP contribution in [-0.2, 0) is 11.3 Å². The van der Waals surface area contributed by atoms with Gasteiger partial charge >= 0.3 is 0 Å². The molecule has 0 spiro atoms. The third kappa shape index (κ3) is 6.71. The van der Waals surface area contributed by atoms with Crippen molar-refractivity contribution in [1.29, 1.82) is 0 Å². The minimum Gasteiger partial charge on any atom is -0.494 e. The molecule has 0 unspecified atom stereocenters. The predicted molar refractivity (Wildman–Crippen MR) is 130 cm³/mol. The summed E-state index contributed by atoms with van der Waals surface area (Å²) >= 11 is 6.79. The maximum absolute atomic E-state index is 12.8. The van der Waals surface area contributed by atoms with Gasteiger partial charge in [-0.05, 0) is 35.8 Å². The Balaban J connectivity index is 1.50. The first-order valence-corrected chi connectivity index (χ1v) is 11.9. The van der Waals surface area contributed by atoms with Gasteiger partial charge in [-0.1, -0.05) is 105 Å². The second-order valence-corrected chi connectivity index (χ2v) is 9.11. The summed E-state index contributed by atoms with van der Waals surface area (Å²) < 4.78 is 6.44. The lowest BCUT2D eigenvalue weighted by atomic mass is 10.1. The average molecular weight is 440 g/mol. The lowest BCUT2D eigenvalue weighted by molar-refractivity contribution is -0.122. The predicted octanol–water partition coefficient (Wildman–Crippen LogP) is 6.83. The van der Waals surface area contributed by atoms with Crippen molar-refractivity contribution in [1.82, 2.24) is 4.90 Å². The Kier molecular flexibility index (Phi) is 8.97. The van der Waals surface area contributed by atoms with Crippen molar-refractivity contribution in [2.45, 2.75) is 52.0 Å². The Labute approximate surface area is 189 Å². The molecule has 3 nitrogen and oxygen atoms in total. The van der Waals surface area contributed by atoms with Crippen LogP contribution >= 0.6 is 24.0 Å². The SMILES string of the molecule is CCCCCCCCOc1ccc(C=C2SC(=S)N(Cc3ccccc3)C2=O)cc1. The van der Waals surface area contributed by atoms with Crippen LogP contribution in [-0.4, -0.2) is 21.7 Å². The van der Waals surface area contributed by atoms with E-state index in [4.69, 9.17) is 17.0 Å². The molecule has 2 aromatic rings.